The zero-order chi connectivity index (χ0) is 12.2. The van der Waals surface area contributed by atoms with Gasteiger partial charge < -0.3 is 10.8 Å². The molecule has 0 amide bonds. The van der Waals surface area contributed by atoms with E-state index in [1.807, 2.05) is 18.2 Å². The molecule has 2 atom stereocenters. The third-order valence-corrected chi connectivity index (χ3v) is 6.59. The van der Waals surface area contributed by atoms with E-state index in [-0.39, 0.29) is 12.4 Å². The molecule has 0 spiro atoms. The van der Waals surface area contributed by atoms with Crippen LogP contribution in [0.4, 0.5) is 0 Å². The minimum atomic E-state index is -1.11. The van der Waals surface area contributed by atoms with Gasteiger partial charge >= 0.3 is 5.97 Å². The molecule has 17 heavy (non-hydrogen) atoms. The molecule has 0 saturated heterocycles. The molecule has 0 aliphatic carbocycles. The summed E-state index contributed by atoms with van der Waals surface area (Å²) in [6.45, 7) is 2.09. The summed E-state index contributed by atoms with van der Waals surface area (Å²) in [7, 11) is -1.11. The molecule has 0 aliphatic heterocycles. The van der Waals surface area contributed by atoms with Gasteiger partial charge in [-0.25, -0.2) is 10.0 Å². The Morgan fingerprint density at radius 3 is 2.35 bits per heavy atom. The van der Waals surface area contributed by atoms with Crippen LogP contribution in [0.1, 0.15) is 6.92 Å². The van der Waals surface area contributed by atoms with Crippen molar-refractivity contribution in [2.75, 3.05) is 17.8 Å². The number of halogens is 1. The van der Waals surface area contributed by atoms with Crippen molar-refractivity contribution < 1.29 is 9.90 Å². The van der Waals surface area contributed by atoms with Gasteiger partial charge in [-0.1, -0.05) is 37.3 Å². The van der Waals surface area contributed by atoms with Crippen molar-refractivity contribution in [3.8, 4) is 0 Å². The van der Waals surface area contributed by atoms with Gasteiger partial charge in [0.1, 0.15) is 6.04 Å². The maximum atomic E-state index is 10.8. The second kappa shape index (κ2) is 6.89. The van der Waals surface area contributed by atoms with E-state index in [1.54, 1.807) is 0 Å². The number of hydrogen-bond donors (Lipinski definition) is 2. The van der Waals surface area contributed by atoms with Crippen molar-refractivity contribution in [3.05, 3.63) is 30.3 Å². The average Bonchev–Trinajstić information content (AvgIpc) is 2.29. The van der Waals surface area contributed by atoms with E-state index in [9.17, 15) is 4.79 Å². The SMILES string of the molecule is CCS(C)(C[C@H](N)C(=O)O)c1ccccc1.Cl. The Kier molecular flexibility index (Phi) is 6.60. The number of nitrogens with two attached hydrogens (primary N) is 1. The first-order valence-electron chi connectivity index (χ1n) is 5.27. The summed E-state index contributed by atoms with van der Waals surface area (Å²) in [5, 5.41) is 8.88. The van der Waals surface area contributed by atoms with E-state index in [0.717, 1.165) is 5.75 Å². The minimum absolute atomic E-state index is 0. The summed E-state index contributed by atoms with van der Waals surface area (Å²) in [5.74, 6) is 0.587. The number of benzene rings is 1. The van der Waals surface area contributed by atoms with E-state index >= 15 is 0 Å². The Balaban J connectivity index is 0.00000256. The Labute approximate surface area is 110 Å². The predicted octanol–water partition coefficient (Wildman–Crippen LogP) is 2.33. The van der Waals surface area contributed by atoms with E-state index in [4.69, 9.17) is 10.8 Å². The molecule has 1 aromatic carbocycles. The van der Waals surface area contributed by atoms with Gasteiger partial charge in [-0.3, -0.25) is 4.79 Å². The smallest absolute Gasteiger partial charge is 0.321 e. The highest BCUT2D eigenvalue weighted by Crippen LogP contribution is 2.52. The van der Waals surface area contributed by atoms with Gasteiger partial charge in [-0.15, -0.1) is 12.4 Å². The van der Waals surface area contributed by atoms with Crippen LogP contribution in [-0.4, -0.2) is 34.9 Å². The van der Waals surface area contributed by atoms with Gasteiger partial charge in [0.2, 0.25) is 0 Å². The molecule has 1 rings (SSSR count). The van der Waals surface area contributed by atoms with Gasteiger partial charge in [0.15, 0.2) is 0 Å². The van der Waals surface area contributed by atoms with Crippen LogP contribution in [-0.2, 0) is 4.79 Å². The minimum Gasteiger partial charge on any atom is -0.480 e. The lowest BCUT2D eigenvalue weighted by atomic mass is 10.4. The molecule has 0 fully saturated rings. The second-order valence-corrected chi connectivity index (χ2v) is 7.92. The number of aliphatic carboxylic acids is 1. The molecule has 1 aromatic rings. The van der Waals surface area contributed by atoms with Crippen molar-refractivity contribution in [2.45, 2.75) is 17.9 Å². The highest BCUT2D eigenvalue weighted by Gasteiger charge is 2.25. The van der Waals surface area contributed by atoms with Gasteiger partial charge in [-0.2, -0.15) is 0 Å². The maximum Gasteiger partial charge on any atom is 0.321 e. The van der Waals surface area contributed by atoms with Crippen LogP contribution >= 0.6 is 22.4 Å². The van der Waals surface area contributed by atoms with Crippen molar-refractivity contribution in [3.63, 3.8) is 0 Å². The number of carboxylic acids is 1. The highest BCUT2D eigenvalue weighted by molar-refractivity contribution is 8.33. The van der Waals surface area contributed by atoms with E-state index in [2.05, 4.69) is 25.3 Å². The third-order valence-electron chi connectivity index (χ3n) is 2.81. The Bertz CT molecular complexity index is 361. The van der Waals surface area contributed by atoms with Crippen molar-refractivity contribution in [1.82, 2.24) is 0 Å². The lowest BCUT2D eigenvalue weighted by Gasteiger charge is -2.36. The summed E-state index contributed by atoms with van der Waals surface area (Å²) in [6, 6.07) is 9.31. The van der Waals surface area contributed by atoms with Crippen molar-refractivity contribution >= 4 is 28.4 Å². The molecule has 0 bridgehead atoms. The molecule has 3 nitrogen and oxygen atoms in total. The van der Waals surface area contributed by atoms with E-state index in [0.29, 0.717) is 5.75 Å². The lowest BCUT2D eigenvalue weighted by Crippen LogP contribution is -2.36. The molecule has 98 valence electrons. The van der Waals surface area contributed by atoms with Crippen LogP contribution in [0.2, 0.25) is 0 Å². The molecule has 5 heteroatoms. The molecule has 0 aromatic heterocycles. The number of carbonyl (C=O) groups is 1. The standard InChI is InChI=1S/C12H19NO2S.ClH/c1-3-16(2,9-11(13)12(14)15)10-7-5-4-6-8-10;/h4-8,11H,3,9,13H2,1-2H3,(H,14,15);1H/t11-;/m0./s1. The lowest BCUT2D eigenvalue weighted by molar-refractivity contribution is -0.137. The van der Waals surface area contributed by atoms with Gasteiger partial charge in [0.05, 0.1) is 0 Å². The summed E-state index contributed by atoms with van der Waals surface area (Å²) in [5.41, 5.74) is 5.64. The monoisotopic (exact) mass is 277 g/mol. The Morgan fingerprint density at radius 1 is 1.41 bits per heavy atom. The van der Waals surface area contributed by atoms with Crippen LogP contribution < -0.4 is 5.73 Å². The van der Waals surface area contributed by atoms with Crippen LogP contribution in [0.5, 0.6) is 0 Å². The summed E-state index contributed by atoms with van der Waals surface area (Å²) in [4.78, 5) is 12.0. The fraction of sp³-hybridized carbons (Fsp3) is 0.417. The molecule has 0 saturated carbocycles. The van der Waals surface area contributed by atoms with E-state index < -0.39 is 22.0 Å². The predicted molar refractivity (Wildman–Crippen MR) is 76.5 cm³/mol. The van der Waals surface area contributed by atoms with Crippen LogP contribution in [0.15, 0.2) is 35.2 Å². The molecule has 0 aliphatic rings. The zero-order valence-electron chi connectivity index (χ0n) is 10.1. The van der Waals surface area contributed by atoms with Gasteiger partial charge in [-0.05, 0) is 16.9 Å². The highest BCUT2D eigenvalue weighted by atomic mass is 35.5. The van der Waals surface area contributed by atoms with Gasteiger partial charge in [0, 0.05) is 5.75 Å². The molecular weight excluding hydrogens is 258 g/mol. The van der Waals surface area contributed by atoms with Crippen molar-refractivity contribution in [1.29, 1.82) is 0 Å². The first-order valence-corrected chi connectivity index (χ1v) is 7.64. The van der Waals surface area contributed by atoms with Crippen molar-refractivity contribution in [2.24, 2.45) is 5.73 Å². The fourth-order valence-electron chi connectivity index (χ4n) is 1.60. The van der Waals surface area contributed by atoms with Crippen LogP contribution in [0.3, 0.4) is 0 Å². The van der Waals surface area contributed by atoms with Crippen LogP contribution in [0, 0.1) is 0 Å². The molecule has 3 N–H and O–H groups in total. The first kappa shape index (κ1) is 16.3. The van der Waals surface area contributed by atoms with Crippen LogP contribution in [0.25, 0.3) is 0 Å². The summed E-state index contributed by atoms with van der Waals surface area (Å²) < 4.78 is 0. The Morgan fingerprint density at radius 2 is 1.94 bits per heavy atom. The quantitative estimate of drug-likeness (QED) is 0.868. The topological polar surface area (TPSA) is 63.3 Å². The Hall–Kier alpha value is -0.710. The third kappa shape index (κ3) is 4.22. The fourth-order valence-corrected chi connectivity index (χ4v) is 4.11. The molecular formula is C12H20ClNO2S. The normalized spacial score (nSPS) is 17.4. The number of hydrogen-bond acceptors (Lipinski definition) is 2. The number of carboxylic acid groups (broad SMARTS) is 1. The zero-order valence-corrected chi connectivity index (χ0v) is 11.8. The molecule has 1 unspecified atom stereocenters. The largest absolute Gasteiger partial charge is 0.480 e. The van der Waals surface area contributed by atoms with E-state index in [1.165, 1.54) is 4.90 Å². The molecule has 0 radical (unpaired) electrons. The maximum absolute atomic E-state index is 10.8. The summed E-state index contributed by atoms with van der Waals surface area (Å²) >= 11 is 0. The van der Waals surface area contributed by atoms with Gasteiger partial charge in [0.25, 0.3) is 0 Å². The second-order valence-electron chi connectivity index (χ2n) is 3.99. The number of rotatable bonds is 5. The molecule has 0 heterocycles. The summed E-state index contributed by atoms with van der Waals surface area (Å²) in [6.07, 6.45) is 2.14. The average molecular weight is 278 g/mol. The first-order chi connectivity index (χ1) is 7.49.